The molecule has 9 heteroatoms. The molecule has 1 heterocycles. The predicted molar refractivity (Wildman–Crippen MR) is 60.4 cm³/mol. The molecule has 0 atom stereocenters. The Morgan fingerprint density at radius 2 is 1.90 bits per heavy atom. The van der Waals surface area contributed by atoms with E-state index >= 15 is 0 Å². The van der Waals surface area contributed by atoms with E-state index in [4.69, 9.17) is 5.11 Å². The van der Waals surface area contributed by atoms with Crippen molar-refractivity contribution in [3.63, 3.8) is 0 Å². The zero-order valence-corrected chi connectivity index (χ0v) is 9.81. The van der Waals surface area contributed by atoms with Gasteiger partial charge >= 0.3 is 17.8 Å². The normalized spacial score (nSPS) is 11.6. The Bertz CT molecular complexity index is 685. The average Bonchev–Trinajstić information content (AvgIpc) is 2.71. The fourth-order valence-corrected chi connectivity index (χ4v) is 1.53. The maximum absolute atomic E-state index is 12.4. The molecule has 0 fully saturated rings. The van der Waals surface area contributed by atoms with Gasteiger partial charge in [0.25, 0.3) is 0 Å². The molecule has 0 saturated heterocycles. The lowest BCUT2D eigenvalue weighted by Crippen LogP contribution is -2.18. The molecule has 0 unspecified atom stereocenters. The predicted octanol–water partition coefficient (Wildman–Crippen LogP) is 1.34. The van der Waals surface area contributed by atoms with Gasteiger partial charge in [0.2, 0.25) is 5.82 Å². The third-order valence-corrected chi connectivity index (χ3v) is 2.50. The van der Waals surface area contributed by atoms with E-state index in [2.05, 4.69) is 5.10 Å². The van der Waals surface area contributed by atoms with Gasteiger partial charge in [-0.05, 0) is 17.7 Å². The van der Waals surface area contributed by atoms with Gasteiger partial charge in [-0.2, -0.15) is 13.2 Å². The summed E-state index contributed by atoms with van der Waals surface area (Å²) in [5.74, 6) is -1.92. The van der Waals surface area contributed by atoms with Gasteiger partial charge in [0.1, 0.15) is 0 Å². The van der Waals surface area contributed by atoms with E-state index in [-0.39, 0.29) is 6.54 Å². The van der Waals surface area contributed by atoms with E-state index in [9.17, 15) is 22.8 Å². The first-order valence-corrected chi connectivity index (χ1v) is 5.34. The van der Waals surface area contributed by atoms with Crippen LogP contribution in [0.25, 0.3) is 0 Å². The molecule has 2 rings (SSSR count). The molecule has 20 heavy (non-hydrogen) atoms. The van der Waals surface area contributed by atoms with Crippen molar-refractivity contribution >= 4 is 5.97 Å². The quantitative estimate of drug-likeness (QED) is 0.891. The molecule has 2 aromatic rings. The Hall–Kier alpha value is -2.58. The SMILES string of the molecule is O=C(O)c1nn(Cc2ccc(C(F)(F)F)cc2)c(=O)[nH]1. The number of rotatable bonds is 3. The molecule has 0 saturated carbocycles. The Morgan fingerprint density at radius 1 is 1.30 bits per heavy atom. The van der Waals surface area contributed by atoms with E-state index in [1.165, 1.54) is 12.1 Å². The van der Waals surface area contributed by atoms with Crippen molar-refractivity contribution in [1.82, 2.24) is 14.8 Å². The van der Waals surface area contributed by atoms with Gasteiger partial charge in [-0.25, -0.2) is 14.3 Å². The number of hydrogen-bond donors (Lipinski definition) is 2. The van der Waals surface area contributed by atoms with Crippen molar-refractivity contribution in [2.75, 3.05) is 0 Å². The maximum atomic E-state index is 12.4. The van der Waals surface area contributed by atoms with Crippen molar-refractivity contribution in [1.29, 1.82) is 0 Å². The van der Waals surface area contributed by atoms with E-state index in [0.29, 0.717) is 5.56 Å². The van der Waals surface area contributed by atoms with Crippen molar-refractivity contribution in [3.05, 3.63) is 51.7 Å². The monoisotopic (exact) mass is 287 g/mol. The largest absolute Gasteiger partial charge is 0.475 e. The number of aromatic amines is 1. The van der Waals surface area contributed by atoms with Gasteiger partial charge in [0.15, 0.2) is 0 Å². The Labute approximate surface area is 109 Å². The topological polar surface area (TPSA) is 88.0 Å². The summed E-state index contributed by atoms with van der Waals surface area (Å²) in [7, 11) is 0. The van der Waals surface area contributed by atoms with Crippen LogP contribution in [0.5, 0.6) is 0 Å². The number of nitrogens with zero attached hydrogens (tertiary/aromatic N) is 2. The van der Waals surface area contributed by atoms with Crippen LogP contribution in [0, 0.1) is 0 Å². The molecule has 106 valence electrons. The van der Waals surface area contributed by atoms with Gasteiger partial charge in [-0.1, -0.05) is 12.1 Å². The molecule has 1 aromatic carbocycles. The molecule has 0 bridgehead atoms. The number of halogens is 3. The van der Waals surface area contributed by atoms with Crippen LogP contribution in [0.15, 0.2) is 29.1 Å². The molecule has 0 amide bonds. The first-order valence-electron chi connectivity index (χ1n) is 5.34. The highest BCUT2D eigenvalue weighted by atomic mass is 19.4. The minimum absolute atomic E-state index is 0.124. The number of H-pyrrole nitrogens is 1. The van der Waals surface area contributed by atoms with Crippen molar-refractivity contribution in [2.45, 2.75) is 12.7 Å². The molecular weight excluding hydrogens is 279 g/mol. The van der Waals surface area contributed by atoms with Crippen LogP contribution in [-0.2, 0) is 12.7 Å². The number of alkyl halides is 3. The lowest BCUT2D eigenvalue weighted by atomic mass is 10.1. The van der Waals surface area contributed by atoms with Crippen LogP contribution in [0.4, 0.5) is 13.2 Å². The Morgan fingerprint density at radius 3 is 2.35 bits per heavy atom. The molecule has 0 aliphatic carbocycles. The van der Waals surface area contributed by atoms with Gasteiger partial charge < -0.3 is 5.11 Å². The summed E-state index contributed by atoms with van der Waals surface area (Å²) in [5.41, 5.74) is -1.16. The van der Waals surface area contributed by atoms with Crippen LogP contribution in [-0.4, -0.2) is 25.8 Å². The second kappa shape index (κ2) is 4.83. The molecule has 6 nitrogen and oxygen atoms in total. The molecule has 0 spiro atoms. The summed E-state index contributed by atoms with van der Waals surface area (Å²) in [6.45, 7) is -0.124. The smallest absolute Gasteiger partial charge is 0.416 e. The number of benzene rings is 1. The fraction of sp³-hybridized carbons (Fsp3) is 0.182. The zero-order chi connectivity index (χ0) is 14.9. The van der Waals surface area contributed by atoms with Crippen LogP contribution < -0.4 is 5.69 Å². The first kappa shape index (κ1) is 13.8. The third-order valence-electron chi connectivity index (χ3n) is 2.50. The standard InChI is InChI=1S/C11H8F3N3O3/c12-11(13,14)7-3-1-6(2-4-7)5-17-10(20)15-8(16-17)9(18)19/h1-4H,5H2,(H,18,19)(H,15,16,20). The van der Waals surface area contributed by atoms with Gasteiger partial charge in [0, 0.05) is 0 Å². The minimum Gasteiger partial charge on any atom is -0.475 e. The number of aromatic nitrogens is 3. The summed E-state index contributed by atoms with van der Waals surface area (Å²) in [6, 6.07) is 4.16. The number of hydrogen-bond acceptors (Lipinski definition) is 3. The Balaban J connectivity index is 2.22. The van der Waals surface area contributed by atoms with Crippen LogP contribution >= 0.6 is 0 Å². The van der Waals surface area contributed by atoms with Gasteiger partial charge in [-0.15, -0.1) is 5.10 Å². The van der Waals surface area contributed by atoms with Gasteiger partial charge in [0.05, 0.1) is 12.1 Å². The van der Waals surface area contributed by atoms with E-state index in [1.54, 1.807) is 0 Å². The average molecular weight is 287 g/mol. The highest BCUT2D eigenvalue weighted by Gasteiger charge is 2.29. The summed E-state index contributed by atoms with van der Waals surface area (Å²) in [5, 5.41) is 12.1. The summed E-state index contributed by atoms with van der Waals surface area (Å²) in [4.78, 5) is 24.0. The summed E-state index contributed by atoms with van der Waals surface area (Å²) in [6.07, 6.45) is -4.43. The summed E-state index contributed by atoms with van der Waals surface area (Å²) >= 11 is 0. The van der Waals surface area contributed by atoms with E-state index < -0.39 is 29.2 Å². The number of nitrogens with one attached hydrogen (secondary N) is 1. The van der Waals surface area contributed by atoms with Crippen molar-refractivity contribution < 1.29 is 23.1 Å². The molecule has 1 aromatic heterocycles. The molecular formula is C11H8F3N3O3. The molecule has 0 aliphatic rings. The lowest BCUT2D eigenvalue weighted by molar-refractivity contribution is -0.137. The number of carboxylic acid groups (broad SMARTS) is 1. The highest BCUT2D eigenvalue weighted by Crippen LogP contribution is 2.29. The van der Waals surface area contributed by atoms with E-state index in [1.807, 2.05) is 4.98 Å². The minimum atomic E-state index is -4.43. The Kier molecular flexibility index (Phi) is 3.35. The molecule has 2 N–H and O–H groups in total. The fourth-order valence-electron chi connectivity index (χ4n) is 1.53. The zero-order valence-electron chi connectivity index (χ0n) is 9.81. The van der Waals surface area contributed by atoms with Crippen molar-refractivity contribution in [2.24, 2.45) is 0 Å². The number of aromatic carboxylic acids is 1. The van der Waals surface area contributed by atoms with Crippen LogP contribution in [0.2, 0.25) is 0 Å². The van der Waals surface area contributed by atoms with Crippen LogP contribution in [0.3, 0.4) is 0 Å². The third kappa shape index (κ3) is 2.87. The van der Waals surface area contributed by atoms with Gasteiger partial charge in [-0.3, -0.25) is 4.98 Å². The van der Waals surface area contributed by atoms with E-state index in [0.717, 1.165) is 16.8 Å². The van der Waals surface area contributed by atoms with Crippen LogP contribution in [0.1, 0.15) is 21.7 Å². The first-order chi connectivity index (χ1) is 9.27. The van der Waals surface area contributed by atoms with Crippen molar-refractivity contribution in [3.8, 4) is 0 Å². The second-order valence-electron chi connectivity index (χ2n) is 3.94. The number of carboxylic acids is 1. The second-order valence-corrected chi connectivity index (χ2v) is 3.94. The summed E-state index contributed by atoms with van der Waals surface area (Å²) < 4.78 is 37.9. The lowest BCUT2D eigenvalue weighted by Gasteiger charge is -2.07. The maximum Gasteiger partial charge on any atom is 0.416 e. The number of carbonyl (C=O) groups is 1. The molecule has 0 aliphatic heterocycles. The highest BCUT2D eigenvalue weighted by molar-refractivity contribution is 5.82. The molecule has 0 radical (unpaired) electrons.